The highest BCUT2D eigenvalue weighted by Crippen LogP contribution is 2.27. The number of carbonyl (C=O) groups excluding carboxylic acids is 2. The number of rotatable bonds is 6. The minimum absolute atomic E-state index is 0.0747. The lowest BCUT2D eigenvalue weighted by atomic mass is 9.86. The van der Waals surface area contributed by atoms with Crippen molar-refractivity contribution in [3.05, 3.63) is 112 Å². The molecule has 1 amide bonds. The number of aliphatic carboxylic acids is 1. The fourth-order valence-electron chi connectivity index (χ4n) is 3.92. The number of aromatic amines is 1. The maximum Gasteiger partial charge on any atom is 0.430 e. The summed E-state index contributed by atoms with van der Waals surface area (Å²) in [4.78, 5) is 25.0. The van der Waals surface area contributed by atoms with Crippen LogP contribution in [0.25, 0.3) is 10.8 Å². The van der Waals surface area contributed by atoms with E-state index >= 15 is 0 Å². The average Bonchev–Trinajstić information content (AvgIpc) is 2.88. The van der Waals surface area contributed by atoms with Crippen LogP contribution < -0.4 is 15.4 Å². The van der Waals surface area contributed by atoms with Crippen LogP contribution in [0.2, 0.25) is 10.0 Å². The Morgan fingerprint density at radius 1 is 0.947 bits per heavy atom. The van der Waals surface area contributed by atoms with Crippen LogP contribution in [0.15, 0.2) is 85.2 Å². The van der Waals surface area contributed by atoms with Gasteiger partial charge in [-0.3, -0.25) is 4.79 Å². The fraction of sp³-hybridized carbons (Fsp3) is 0.179. The number of hydrogen-bond acceptors (Lipinski definition) is 3. The molecule has 2 atom stereocenters. The second-order valence-electron chi connectivity index (χ2n) is 8.49. The lowest BCUT2D eigenvalue weighted by Crippen LogP contribution is -2.38. The van der Waals surface area contributed by atoms with E-state index < -0.39 is 12.1 Å². The normalized spacial score (nSPS) is 12.7. The molecule has 0 saturated heterocycles. The Balaban J connectivity index is 0.000000505. The largest absolute Gasteiger partial charge is 0.542 e. The summed E-state index contributed by atoms with van der Waals surface area (Å²) in [5.41, 5.74) is 2.95. The summed E-state index contributed by atoms with van der Waals surface area (Å²) < 4.78 is 31.5. The molecule has 3 aromatic carbocycles. The standard InChI is InChI=1S/C26H22Cl2N2O.C2HF3O2/c1-17(30-26(31)24-4-2-3-20-16-29-14-13-23(20)24)25(19-7-11-22(28)12-8-19)15-18-5-9-21(27)10-6-18;3-2(4,5)1(6)7/h2-14,16-17,25H,15H2,1H3,(H,30,31);(H,6,7)/t17-,25+;/m1./s1. The number of halogens is 5. The Hall–Kier alpha value is -3.62. The van der Waals surface area contributed by atoms with Gasteiger partial charge in [-0.1, -0.05) is 53.5 Å². The minimum atomic E-state index is -5.19. The van der Waals surface area contributed by atoms with Gasteiger partial charge in [0, 0.05) is 44.4 Å². The first-order valence-corrected chi connectivity index (χ1v) is 12.2. The van der Waals surface area contributed by atoms with Crippen molar-refractivity contribution in [3.8, 4) is 0 Å². The zero-order valence-electron chi connectivity index (χ0n) is 20.1. The number of carboxylic acids is 1. The molecule has 0 bridgehead atoms. The van der Waals surface area contributed by atoms with Crippen molar-refractivity contribution < 1.29 is 32.9 Å². The monoisotopic (exact) mass is 562 g/mol. The number of hydrogen-bond donors (Lipinski definition) is 1. The predicted octanol–water partition coefficient (Wildman–Crippen LogP) is 5.40. The van der Waals surface area contributed by atoms with E-state index in [1.165, 1.54) is 0 Å². The lowest BCUT2D eigenvalue weighted by Gasteiger charge is -2.26. The third kappa shape index (κ3) is 7.94. The number of carbonyl (C=O) groups is 2. The number of nitrogens with one attached hydrogen (secondary N) is 2. The van der Waals surface area contributed by atoms with Gasteiger partial charge in [-0.05, 0) is 60.9 Å². The number of aromatic nitrogens is 1. The van der Waals surface area contributed by atoms with Gasteiger partial charge in [0.15, 0.2) is 12.4 Å². The average molecular weight is 563 g/mol. The van der Waals surface area contributed by atoms with Gasteiger partial charge < -0.3 is 15.2 Å². The van der Waals surface area contributed by atoms with E-state index in [4.69, 9.17) is 33.1 Å². The molecule has 1 heterocycles. The first-order valence-electron chi connectivity index (χ1n) is 11.4. The molecule has 38 heavy (non-hydrogen) atoms. The molecule has 0 fully saturated rings. The van der Waals surface area contributed by atoms with Crippen LogP contribution >= 0.6 is 23.2 Å². The zero-order valence-corrected chi connectivity index (χ0v) is 21.6. The van der Waals surface area contributed by atoms with E-state index in [9.17, 15) is 18.0 Å². The van der Waals surface area contributed by atoms with Crippen molar-refractivity contribution in [2.24, 2.45) is 0 Å². The van der Waals surface area contributed by atoms with E-state index in [1.54, 1.807) is 0 Å². The number of carboxylic acid groups (broad SMARTS) is 1. The molecule has 198 valence electrons. The molecule has 1 aromatic heterocycles. The van der Waals surface area contributed by atoms with Gasteiger partial charge in [-0.2, -0.15) is 13.2 Å². The topological polar surface area (TPSA) is 83.4 Å². The summed E-state index contributed by atoms with van der Waals surface area (Å²) in [6.45, 7) is 2.05. The molecule has 0 unspecified atom stereocenters. The van der Waals surface area contributed by atoms with Gasteiger partial charge >= 0.3 is 6.18 Å². The van der Waals surface area contributed by atoms with Gasteiger partial charge in [-0.15, -0.1) is 0 Å². The molecule has 0 spiro atoms. The van der Waals surface area contributed by atoms with Crippen molar-refractivity contribution in [1.29, 1.82) is 0 Å². The summed E-state index contributed by atoms with van der Waals surface area (Å²) in [5, 5.41) is 15.3. The predicted molar refractivity (Wildman–Crippen MR) is 138 cm³/mol. The van der Waals surface area contributed by atoms with Gasteiger partial charge in [0.25, 0.3) is 5.91 Å². The maximum atomic E-state index is 13.2. The Kier molecular flexibility index (Phi) is 9.72. The zero-order chi connectivity index (χ0) is 27.9. The van der Waals surface area contributed by atoms with E-state index in [2.05, 4.69) is 10.3 Å². The summed E-state index contributed by atoms with van der Waals surface area (Å²) in [6.07, 6.45) is -0.697. The molecule has 0 aliphatic heterocycles. The third-order valence-electron chi connectivity index (χ3n) is 5.83. The molecular weight excluding hydrogens is 540 g/mol. The van der Waals surface area contributed by atoms with Gasteiger partial charge in [-0.25, -0.2) is 4.98 Å². The second kappa shape index (κ2) is 12.8. The molecule has 4 aromatic rings. The van der Waals surface area contributed by atoms with Crippen LogP contribution in [-0.2, 0) is 11.2 Å². The lowest BCUT2D eigenvalue weighted by molar-refractivity contribution is -0.375. The van der Waals surface area contributed by atoms with Crippen molar-refractivity contribution in [2.75, 3.05) is 0 Å². The summed E-state index contributed by atoms with van der Waals surface area (Å²) in [6, 6.07) is 23.3. The SMILES string of the molecule is C[C@@H](NC(=O)c1cccc2c[nH+]ccc12)[C@H](Cc1ccc(Cl)cc1)c1ccc(Cl)cc1.O=C([O-])C(F)(F)F. The molecule has 4 rings (SSSR count). The highest BCUT2D eigenvalue weighted by molar-refractivity contribution is 6.30. The summed E-state index contributed by atoms with van der Waals surface area (Å²) in [5.74, 6) is -3.02. The van der Waals surface area contributed by atoms with E-state index in [-0.39, 0.29) is 17.9 Å². The second-order valence-corrected chi connectivity index (χ2v) is 9.36. The van der Waals surface area contributed by atoms with Crippen molar-refractivity contribution in [3.63, 3.8) is 0 Å². The molecule has 0 aliphatic rings. The smallest absolute Gasteiger partial charge is 0.430 e. The van der Waals surface area contributed by atoms with E-state index in [1.807, 2.05) is 92.1 Å². The van der Waals surface area contributed by atoms with Crippen LogP contribution in [-0.4, -0.2) is 24.1 Å². The third-order valence-corrected chi connectivity index (χ3v) is 6.33. The highest BCUT2D eigenvalue weighted by Gasteiger charge is 2.29. The van der Waals surface area contributed by atoms with Gasteiger partial charge in [0.2, 0.25) is 0 Å². The van der Waals surface area contributed by atoms with Crippen molar-refractivity contribution in [1.82, 2.24) is 5.32 Å². The quantitative estimate of drug-likeness (QED) is 0.341. The van der Waals surface area contributed by atoms with Crippen LogP contribution in [0.1, 0.15) is 34.3 Å². The van der Waals surface area contributed by atoms with Crippen LogP contribution in [0.5, 0.6) is 0 Å². The highest BCUT2D eigenvalue weighted by atomic mass is 35.5. The summed E-state index contributed by atoms with van der Waals surface area (Å²) in [7, 11) is 0. The van der Waals surface area contributed by atoms with Crippen LogP contribution in [0.4, 0.5) is 13.2 Å². The Morgan fingerprint density at radius 2 is 1.53 bits per heavy atom. The summed E-state index contributed by atoms with van der Waals surface area (Å²) >= 11 is 12.2. The van der Waals surface area contributed by atoms with Gasteiger partial charge in [0.05, 0.1) is 0 Å². The molecule has 10 heteroatoms. The van der Waals surface area contributed by atoms with Crippen molar-refractivity contribution in [2.45, 2.75) is 31.5 Å². The number of benzene rings is 3. The van der Waals surface area contributed by atoms with Crippen molar-refractivity contribution >= 4 is 45.9 Å². The molecule has 5 nitrogen and oxygen atoms in total. The Labute approximate surface area is 227 Å². The fourth-order valence-corrected chi connectivity index (χ4v) is 4.17. The molecule has 0 aliphatic carbocycles. The van der Waals surface area contributed by atoms with Crippen LogP contribution in [0, 0.1) is 0 Å². The Morgan fingerprint density at radius 3 is 2.11 bits per heavy atom. The number of fused-ring (bicyclic) bond motifs is 1. The molecular formula is C28H23Cl2F3N2O3. The first-order chi connectivity index (χ1) is 18.0. The number of pyridine rings is 1. The number of alkyl halides is 3. The molecule has 2 N–H and O–H groups in total. The van der Waals surface area contributed by atoms with Gasteiger partial charge in [0.1, 0.15) is 5.97 Å². The molecule has 0 radical (unpaired) electrons. The first kappa shape index (κ1) is 28.9. The van der Waals surface area contributed by atoms with E-state index in [0.29, 0.717) is 15.6 Å². The number of H-pyrrole nitrogens is 1. The molecule has 0 saturated carbocycles. The number of amides is 1. The Bertz CT molecular complexity index is 1390. The van der Waals surface area contributed by atoms with E-state index in [0.717, 1.165) is 28.3 Å². The van der Waals surface area contributed by atoms with Crippen LogP contribution in [0.3, 0.4) is 0 Å². The maximum absolute atomic E-state index is 13.2. The minimum Gasteiger partial charge on any atom is -0.542 e.